The minimum absolute atomic E-state index is 0.0144. The number of rotatable bonds is 4. The molecule has 1 aromatic heterocycles. The van der Waals surface area contributed by atoms with Crippen LogP contribution in [0.3, 0.4) is 0 Å². The molecule has 2 N–H and O–H groups in total. The average Bonchev–Trinajstić information content (AvgIpc) is 2.60. The van der Waals surface area contributed by atoms with Crippen molar-refractivity contribution < 1.29 is 14.6 Å². The van der Waals surface area contributed by atoms with Gasteiger partial charge in [0.15, 0.2) is 0 Å². The van der Waals surface area contributed by atoms with E-state index in [0.29, 0.717) is 31.0 Å². The molecule has 3 rings (SSSR count). The van der Waals surface area contributed by atoms with E-state index < -0.39 is 17.1 Å². The van der Waals surface area contributed by atoms with Crippen molar-refractivity contribution in [2.24, 2.45) is 0 Å². The van der Waals surface area contributed by atoms with E-state index in [4.69, 9.17) is 4.74 Å². The van der Waals surface area contributed by atoms with Crippen LogP contribution in [0.25, 0.3) is 0 Å². The van der Waals surface area contributed by atoms with E-state index in [1.54, 1.807) is 6.92 Å². The van der Waals surface area contributed by atoms with Gasteiger partial charge in [0.2, 0.25) is 0 Å². The molecule has 0 spiro atoms. The summed E-state index contributed by atoms with van der Waals surface area (Å²) in [4.78, 5) is 32.7. The zero-order valence-electron chi connectivity index (χ0n) is 15.0. The molecule has 2 heterocycles. The highest BCUT2D eigenvalue weighted by Gasteiger charge is 2.37. The van der Waals surface area contributed by atoms with Crippen molar-refractivity contribution in [1.82, 2.24) is 14.9 Å². The number of benzene rings is 1. The fourth-order valence-electron chi connectivity index (χ4n) is 3.13. The molecule has 0 aliphatic carbocycles. The summed E-state index contributed by atoms with van der Waals surface area (Å²) >= 11 is 0. The quantitative estimate of drug-likeness (QED) is 0.863. The number of nitrogens with one attached hydrogen (secondary N) is 1. The number of aliphatic hydroxyl groups is 1. The van der Waals surface area contributed by atoms with Gasteiger partial charge in [0.05, 0.1) is 6.54 Å². The van der Waals surface area contributed by atoms with Crippen molar-refractivity contribution in [2.45, 2.75) is 32.3 Å². The zero-order valence-corrected chi connectivity index (χ0v) is 15.0. The van der Waals surface area contributed by atoms with Crippen LogP contribution in [0.1, 0.15) is 34.6 Å². The van der Waals surface area contributed by atoms with E-state index in [2.05, 4.69) is 9.97 Å². The maximum atomic E-state index is 12.7. The molecule has 7 nitrogen and oxygen atoms in total. The predicted molar refractivity (Wildman–Crippen MR) is 96.4 cm³/mol. The third-order valence-electron chi connectivity index (χ3n) is 4.50. The second-order valence-electron chi connectivity index (χ2n) is 6.87. The number of carbonyl (C=O) groups is 1. The molecule has 0 saturated carbocycles. The van der Waals surface area contributed by atoms with Crippen LogP contribution in [0.5, 0.6) is 5.75 Å². The second kappa shape index (κ2) is 7.29. The topological polar surface area (TPSA) is 95.5 Å². The van der Waals surface area contributed by atoms with E-state index in [-0.39, 0.29) is 18.7 Å². The molecule has 1 aliphatic rings. The lowest BCUT2D eigenvalue weighted by Gasteiger charge is -2.38. The van der Waals surface area contributed by atoms with Crippen molar-refractivity contribution in [3.05, 3.63) is 57.8 Å². The van der Waals surface area contributed by atoms with Gasteiger partial charge in [0.1, 0.15) is 29.3 Å². The van der Waals surface area contributed by atoms with Gasteiger partial charge in [0.25, 0.3) is 11.5 Å². The van der Waals surface area contributed by atoms with Gasteiger partial charge < -0.3 is 19.7 Å². The van der Waals surface area contributed by atoms with Crippen LogP contribution in [-0.4, -0.2) is 51.2 Å². The summed E-state index contributed by atoms with van der Waals surface area (Å²) in [6.45, 7) is 4.31. The van der Waals surface area contributed by atoms with Gasteiger partial charge in [-0.25, -0.2) is 4.98 Å². The second-order valence-corrected chi connectivity index (χ2v) is 6.87. The van der Waals surface area contributed by atoms with Crippen LogP contribution >= 0.6 is 0 Å². The lowest BCUT2D eigenvalue weighted by molar-refractivity contribution is -0.0532. The smallest absolute Gasteiger partial charge is 0.263 e. The Labute approximate surface area is 151 Å². The maximum absolute atomic E-state index is 12.7. The van der Waals surface area contributed by atoms with Gasteiger partial charge in [-0.2, -0.15) is 0 Å². The first-order valence-corrected chi connectivity index (χ1v) is 8.63. The number of aromatic nitrogens is 2. The summed E-state index contributed by atoms with van der Waals surface area (Å²) in [5.74, 6) is 0.710. The maximum Gasteiger partial charge on any atom is 0.263 e. The highest BCUT2D eigenvalue weighted by molar-refractivity contribution is 5.93. The molecule has 1 unspecified atom stereocenters. The SMILES string of the molecule is Cc1cccc(OCC2(O)CCCN(C(=O)c3cnc(C)[nH]c3=O)C2)c1. The first-order chi connectivity index (χ1) is 12.4. The summed E-state index contributed by atoms with van der Waals surface area (Å²) in [6.07, 6.45) is 2.45. The van der Waals surface area contributed by atoms with Crippen LogP contribution < -0.4 is 10.3 Å². The molecule has 0 radical (unpaired) electrons. The van der Waals surface area contributed by atoms with E-state index in [0.717, 1.165) is 5.56 Å². The molecule has 7 heteroatoms. The van der Waals surface area contributed by atoms with E-state index in [1.807, 2.05) is 31.2 Å². The number of H-pyrrole nitrogens is 1. The molecular formula is C19H23N3O4. The fourth-order valence-corrected chi connectivity index (χ4v) is 3.13. The van der Waals surface area contributed by atoms with Gasteiger partial charge >= 0.3 is 0 Å². The molecule has 1 aromatic carbocycles. The molecule has 138 valence electrons. The van der Waals surface area contributed by atoms with E-state index in [9.17, 15) is 14.7 Å². The van der Waals surface area contributed by atoms with Crippen molar-refractivity contribution in [1.29, 1.82) is 0 Å². The lowest BCUT2D eigenvalue weighted by Crippen LogP contribution is -2.53. The Kier molecular flexibility index (Phi) is 5.08. The number of piperidine rings is 1. The van der Waals surface area contributed by atoms with Crippen LogP contribution in [0, 0.1) is 13.8 Å². The molecule has 26 heavy (non-hydrogen) atoms. The molecular weight excluding hydrogens is 334 g/mol. The molecule has 1 fully saturated rings. The summed E-state index contributed by atoms with van der Waals surface area (Å²) in [5.41, 5.74) is -0.559. The Morgan fingerprint density at radius 2 is 2.23 bits per heavy atom. The Bertz CT molecular complexity index is 864. The first-order valence-electron chi connectivity index (χ1n) is 8.63. The Hall–Kier alpha value is -2.67. The van der Waals surface area contributed by atoms with Crippen LogP contribution in [0.4, 0.5) is 0 Å². The van der Waals surface area contributed by atoms with Crippen LogP contribution in [-0.2, 0) is 0 Å². The minimum atomic E-state index is -1.15. The molecule has 1 aliphatic heterocycles. The first kappa shape index (κ1) is 18.1. The number of ether oxygens (including phenoxy) is 1. The van der Waals surface area contributed by atoms with Crippen LogP contribution in [0.15, 0.2) is 35.3 Å². The standard InChI is InChI=1S/C19H23N3O4/c1-13-5-3-6-15(9-13)26-12-19(25)7-4-8-22(11-19)18(24)16-10-20-14(2)21-17(16)23/h3,5-6,9-10,25H,4,7-8,11-12H2,1-2H3,(H,20,21,23). The van der Waals surface area contributed by atoms with E-state index in [1.165, 1.54) is 11.1 Å². The number of hydrogen-bond acceptors (Lipinski definition) is 5. The Morgan fingerprint density at radius 3 is 2.96 bits per heavy atom. The molecule has 0 bridgehead atoms. The lowest BCUT2D eigenvalue weighted by atomic mass is 9.93. The predicted octanol–water partition coefficient (Wildman–Crippen LogP) is 1.43. The highest BCUT2D eigenvalue weighted by atomic mass is 16.5. The van der Waals surface area contributed by atoms with Gasteiger partial charge in [-0.3, -0.25) is 9.59 Å². The summed E-state index contributed by atoms with van der Waals surface area (Å²) < 4.78 is 5.73. The van der Waals surface area contributed by atoms with Gasteiger partial charge in [-0.15, -0.1) is 0 Å². The largest absolute Gasteiger partial charge is 0.491 e. The normalized spacial score (nSPS) is 20.0. The Balaban J connectivity index is 1.69. The third kappa shape index (κ3) is 4.11. The summed E-state index contributed by atoms with van der Waals surface area (Å²) in [7, 11) is 0. The third-order valence-corrected chi connectivity index (χ3v) is 4.50. The number of carbonyl (C=O) groups excluding carboxylic acids is 1. The fraction of sp³-hybridized carbons (Fsp3) is 0.421. The van der Waals surface area contributed by atoms with Gasteiger partial charge in [-0.1, -0.05) is 12.1 Å². The van der Waals surface area contributed by atoms with Crippen molar-refractivity contribution in [3.8, 4) is 5.75 Å². The van der Waals surface area contributed by atoms with Crippen molar-refractivity contribution in [2.75, 3.05) is 19.7 Å². The summed E-state index contributed by atoms with van der Waals surface area (Å²) in [5, 5.41) is 10.9. The number of nitrogens with zero attached hydrogens (tertiary/aromatic N) is 2. The molecule has 2 aromatic rings. The number of amides is 1. The minimum Gasteiger partial charge on any atom is -0.491 e. The number of aryl methyl sites for hydroxylation is 2. The number of hydrogen-bond donors (Lipinski definition) is 2. The molecule has 1 amide bonds. The Morgan fingerprint density at radius 1 is 1.42 bits per heavy atom. The highest BCUT2D eigenvalue weighted by Crippen LogP contribution is 2.24. The summed E-state index contributed by atoms with van der Waals surface area (Å²) in [6, 6.07) is 7.59. The van der Waals surface area contributed by atoms with E-state index >= 15 is 0 Å². The number of likely N-dealkylation sites (tertiary alicyclic amines) is 1. The number of β-amino-alcohol motifs (C(OH)–C–C–N with tert-alkyl or cyclic N) is 1. The zero-order chi connectivity index (χ0) is 18.7. The van der Waals surface area contributed by atoms with Crippen molar-refractivity contribution >= 4 is 5.91 Å². The van der Waals surface area contributed by atoms with Gasteiger partial charge in [-0.05, 0) is 44.4 Å². The van der Waals surface area contributed by atoms with Crippen LogP contribution in [0.2, 0.25) is 0 Å². The van der Waals surface area contributed by atoms with Crippen molar-refractivity contribution in [3.63, 3.8) is 0 Å². The molecule has 1 atom stereocenters. The average molecular weight is 357 g/mol. The monoisotopic (exact) mass is 357 g/mol. The van der Waals surface area contributed by atoms with Gasteiger partial charge in [0, 0.05) is 12.7 Å². The molecule has 1 saturated heterocycles. The number of aromatic amines is 1.